The quantitative estimate of drug-likeness (QED) is 0.413. The van der Waals surface area contributed by atoms with Gasteiger partial charge in [0.1, 0.15) is 6.29 Å². The second kappa shape index (κ2) is 9.33. The first-order valence-electron chi connectivity index (χ1n) is 9.76. The van der Waals surface area contributed by atoms with Gasteiger partial charge in [0.15, 0.2) is 0 Å². The summed E-state index contributed by atoms with van der Waals surface area (Å²) in [6.45, 7) is 4.13. The van der Waals surface area contributed by atoms with Crippen LogP contribution in [0.5, 0.6) is 0 Å². The number of benzene rings is 1. The van der Waals surface area contributed by atoms with Crippen LogP contribution in [0.2, 0.25) is 0 Å². The highest BCUT2D eigenvalue weighted by Crippen LogP contribution is 2.19. The summed E-state index contributed by atoms with van der Waals surface area (Å²) in [5, 5.41) is 18.9. The number of rotatable bonds is 5. The predicted octanol–water partition coefficient (Wildman–Crippen LogP) is -0.287. The number of carbonyl (C=O) groups excluding carboxylic acids is 2. The fraction of sp³-hybridized carbons (Fsp3) is 0.579. The summed E-state index contributed by atoms with van der Waals surface area (Å²) in [4.78, 5) is 25.7. The second-order valence-electron chi connectivity index (χ2n) is 7.63. The van der Waals surface area contributed by atoms with E-state index >= 15 is 0 Å². The Hall–Kier alpha value is -2.20. The third kappa shape index (κ3) is 5.65. The highest BCUT2D eigenvalue weighted by atomic mass is 16.2. The van der Waals surface area contributed by atoms with Gasteiger partial charge < -0.3 is 20.9 Å². The molecule has 9 heteroatoms. The minimum Gasteiger partial charge on any atom is -0.348 e. The van der Waals surface area contributed by atoms with Crippen LogP contribution in [0.25, 0.3) is 0 Å². The molecule has 6 N–H and O–H groups in total. The average molecular weight is 390 g/mol. The molecule has 1 aromatic carbocycles. The van der Waals surface area contributed by atoms with Gasteiger partial charge in [-0.25, -0.2) is 4.79 Å². The van der Waals surface area contributed by atoms with Gasteiger partial charge in [-0.05, 0) is 49.6 Å². The Kier molecular flexibility index (Phi) is 6.84. The smallest absolute Gasteiger partial charge is 0.321 e. The number of hydrogen-bond donors (Lipinski definition) is 6. The molecular formula is C19H31N7O2. The minimum atomic E-state index is -0.391. The molecule has 0 aromatic heterocycles. The molecule has 2 aliphatic rings. The number of anilines is 1. The zero-order valence-corrected chi connectivity index (χ0v) is 16.8. The maximum atomic E-state index is 12.4. The van der Waals surface area contributed by atoms with Gasteiger partial charge in [0, 0.05) is 32.4 Å². The first kappa shape index (κ1) is 20.5. The lowest BCUT2D eigenvalue weighted by molar-refractivity contribution is -0.128. The van der Waals surface area contributed by atoms with E-state index < -0.39 is 6.29 Å². The summed E-state index contributed by atoms with van der Waals surface area (Å²) in [5.41, 5.74) is 3.34. The summed E-state index contributed by atoms with van der Waals surface area (Å²) in [6, 6.07) is 5.92. The molecule has 9 nitrogen and oxygen atoms in total. The second-order valence-corrected chi connectivity index (χ2v) is 7.63. The number of hydrogen-bond acceptors (Lipinski definition) is 6. The molecule has 3 amide bonds. The summed E-state index contributed by atoms with van der Waals surface area (Å²) in [5.74, 6) is 0.0119. The highest BCUT2D eigenvalue weighted by molar-refractivity contribution is 5.89. The van der Waals surface area contributed by atoms with Crippen molar-refractivity contribution >= 4 is 17.6 Å². The third-order valence-electron chi connectivity index (χ3n) is 5.03. The lowest BCUT2D eigenvalue weighted by atomic mass is 10.0. The number of likely N-dealkylation sites (N-methyl/N-ethyl adjacent to an activating group) is 1. The SMILES string of the molecule is CC1CC(NCC(=O)N(C)C)NC(NC(=O)Nc2ccc3c(c2)CCNC3)N1. The van der Waals surface area contributed by atoms with E-state index in [1.165, 1.54) is 11.1 Å². The molecule has 0 spiro atoms. The van der Waals surface area contributed by atoms with Crippen molar-refractivity contribution in [1.29, 1.82) is 0 Å². The van der Waals surface area contributed by atoms with E-state index in [1.54, 1.807) is 19.0 Å². The molecule has 154 valence electrons. The predicted molar refractivity (Wildman–Crippen MR) is 109 cm³/mol. The van der Waals surface area contributed by atoms with Crippen molar-refractivity contribution < 1.29 is 9.59 Å². The van der Waals surface area contributed by atoms with Crippen LogP contribution >= 0.6 is 0 Å². The Balaban J connectivity index is 1.50. The van der Waals surface area contributed by atoms with Gasteiger partial charge in [0.2, 0.25) is 5.91 Å². The minimum absolute atomic E-state index is 0.0119. The molecule has 1 fully saturated rings. The monoisotopic (exact) mass is 389 g/mol. The van der Waals surface area contributed by atoms with Crippen LogP contribution in [0.3, 0.4) is 0 Å². The molecule has 1 aromatic rings. The normalized spacial score (nSPS) is 24.2. The van der Waals surface area contributed by atoms with Gasteiger partial charge in [-0.2, -0.15) is 0 Å². The van der Waals surface area contributed by atoms with E-state index in [4.69, 9.17) is 0 Å². The van der Waals surface area contributed by atoms with Crippen molar-refractivity contribution in [2.75, 3.05) is 32.5 Å². The molecule has 1 saturated heterocycles. The molecule has 3 unspecified atom stereocenters. The molecule has 2 heterocycles. The van der Waals surface area contributed by atoms with Crippen LogP contribution in [-0.4, -0.2) is 62.5 Å². The van der Waals surface area contributed by atoms with Gasteiger partial charge in [0.25, 0.3) is 0 Å². The van der Waals surface area contributed by atoms with Gasteiger partial charge in [-0.3, -0.25) is 20.7 Å². The van der Waals surface area contributed by atoms with Crippen molar-refractivity contribution in [3.05, 3.63) is 29.3 Å². The summed E-state index contributed by atoms with van der Waals surface area (Å²) in [6.07, 6.45) is 1.31. The average Bonchev–Trinajstić information content (AvgIpc) is 2.65. The Labute approximate surface area is 166 Å². The summed E-state index contributed by atoms with van der Waals surface area (Å²) >= 11 is 0. The zero-order chi connectivity index (χ0) is 20.1. The largest absolute Gasteiger partial charge is 0.348 e. The van der Waals surface area contributed by atoms with Crippen LogP contribution in [0.4, 0.5) is 10.5 Å². The Bertz CT molecular complexity index is 710. The topological polar surface area (TPSA) is 110 Å². The van der Waals surface area contributed by atoms with E-state index in [-0.39, 0.29) is 30.7 Å². The van der Waals surface area contributed by atoms with Crippen molar-refractivity contribution in [2.45, 2.75) is 44.8 Å². The molecule has 2 aliphatic heterocycles. The maximum Gasteiger partial charge on any atom is 0.321 e. The Morgan fingerprint density at radius 1 is 1.21 bits per heavy atom. The van der Waals surface area contributed by atoms with Crippen molar-refractivity contribution in [3.8, 4) is 0 Å². The first-order chi connectivity index (χ1) is 13.4. The molecule has 28 heavy (non-hydrogen) atoms. The van der Waals surface area contributed by atoms with Gasteiger partial charge in [-0.1, -0.05) is 6.07 Å². The third-order valence-corrected chi connectivity index (χ3v) is 5.03. The standard InChI is InChI=1S/C19H31N7O2/c1-12-8-16(21-11-17(27)26(2)3)24-18(22-12)25-19(28)23-15-5-4-14-10-20-7-6-13(14)9-15/h4-5,9,12,16,18,20-22,24H,6-8,10-11H2,1-3H3,(H2,23,25,28). The van der Waals surface area contributed by atoms with Crippen LogP contribution in [0, 0.1) is 0 Å². The van der Waals surface area contributed by atoms with Gasteiger partial charge in [0.05, 0.1) is 12.7 Å². The number of urea groups is 1. The summed E-state index contributed by atoms with van der Waals surface area (Å²) in [7, 11) is 3.46. The van der Waals surface area contributed by atoms with Crippen LogP contribution in [0.1, 0.15) is 24.5 Å². The number of carbonyl (C=O) groups is 2. The molecule has 0 aliphatic carbocycles. The van der Waals surface area contributed by atoms with E-state index in [0.717, 1.165) is 31.6 Å². The maximum absolute atomic E-state index is 12.4. The molecule has 3 atom stereocenters. The fourth-order valence-corrected chi connectivity index (χ4v) is 3.47. The molecular weight excluding hydrogens is 358 g/mol. The lowest BCUT2D eigenvalue weighted by Gasteiger charge is -2.36. The number of fused-ring (bicyclic) bond motifs is 1. The Morgan fingerprint density at radius 3 is 2.82 bits per heavy atom. The Morgan fingerprint density at radius 2 is 2.04 bits per heavy atom. The summed E-state index contributed by atoms with van der Waals surface area (Å²) < 4.78 is 0. The van der Waals surface area contributed by atoms with E-state index in [0.29, 0.717) is 0 Å². The van der Waals surface area contributed by atoms with Crippen LogP contribution in [-0.2, 0) is 17.8 Å². The zero-order valence-electron chi connectivity index (χ0n) is 16.8. The number of amides is 3. The first-order valence-corrected chi connectivity index (χ1v) is 9.76. The number of nitrogens with one attached hydrogen (secondary N) is 6. The van der Waals surface area contributed by atoms with E-state index in [1.807, 2.05) is 19.1 Å². The van der Waals surface area contributed by atoms with Crippen LogP contribution in [0.15, 0.2) is 18.2 Å². The molecule has 0 saturated carbocycles. The van der Waals surface area contributed by atoms with Crippen LogP contribution < -0.4 is 31.9 Å². The molecule has 0 radical (unpaired) electrons. The van der Waals surface area contributed by atoms with Crippen molar-refractivity contribution in [2.24, 2.45) is 0 Å². The van der Waals surface area contributed by atoms with E-state index in [9.17, 15) is 9.59 Å². The lowest BCUT2D eigenvalue weighted by Crippen LogP contribution is -2.68. The highest BCUT2D eigenvalue weighted by Gasteiger charge is 2.26. The van der Waals surface area contributed by atoms with E-state index in [2.05, 4.69) is 38.0 Å². The van der Waals surface area contributed by atoms with Gasteiger partial charge >= 0.3 is 6.03 Å². The molecule has 0 bridgehead atoms. The number of nitrogens with zero attached hydrogens (tertiary/aromatic N) is 1. The van der Waals surface area contributed by atoms with Gasteiger partial charge in [-0.15, -0.1) is 0 Å². The molecule has 3 rings (SSSR count). The fourth-order valence-electron chi connectivity index (χ4n) is 3.47. The van der Waals surface area contributed by atoms with Crippen molar-refractivity contribution in [1.82, 2.24) is 31.5 Å². The van der Waals surface area contributed by atoms with Crippen molar-refractivity contribution in [3.63, 3.8) is 0 Å².